The number of hydrogen-bond donors (Lipinski definition) is 3. The van der Waals surface area contributed by atoms with Crippen molar-refractivity contribution in [2.75, 3.05) is 26.2 Å². The third-order valence-corrected chi connectivity index (χ3v) is 5.53. The van der Waals surface area contributed by atoms with Gasteiger partial charge in [-0.15, -0.1) is 0 Å². The zero-order valence-electron chi connectivity index (χ0n) is 14.8. The summed E-state index contributed by atoms with van der Waals surface area (Å²) in [6, 6.07) is 11.5. The minimum atomic E-state index is -0.256. The molecule has 0 radical (unpaired) electrons. The van der Waals surface area contributed by atoms with E-state index in [4.69, 9.17) is 9.84 Å². The number of rotatable bonds is 4. The molecule has 0 aliphatic carbocycles. The van der Waals surface area contributed by atoms with Gasteiger partial charge in [-0.05, 0) is 31.0 Å². The Bertz CT molecular complexity index is 751. The SMILES string of the molecule is O=C(N[C@H]1CC2(CCN(CCO)CC2)Oc2ccccc21)c1ccc[nH]1. The van der Waals surface area contributed by atoms with Gasteiger partial charge in [0.15, 0.2) is 0 Å². The highest BCUT2D eigenvalue weighted by Crippen LogP contribution is 2.44. The summed E-state index contributed by atoms with van der Waals surface area (Å²) < 4.78 is 6.44. The van der Waals surface area contributed by atoms with Crippen LogP contribution in [0.1, 0.15) is 41.4 Å². The molecule has 2 aromatic rings. The lowest BCUT2D eigenvalue weighted by atomic mass is 9.80. The lowest BCUT2D eigenvalue weighted by Crippen LogP contribution is -2.52. The molecule has 0 saturated carbocycles. The van der Waals surface area contributed by atoms with Crippen LogP contribution in [-0.2, 0) is 0 Å². The highest BCUT2D eigenvalue weighted by Gasteiger charge is 2.43. The number of aliphatic hydroxyl groups excluding tert-OH is 1. The van der Waals surface area contributed by atoms with Gasteiger partial charge in [-0.3, -0.25) is 4.79 Å². The maximum Gasteiger partial charge on any atom is 0.268 e. The number of H-pyrrole nitrogens is 1. The molecule has 6 nitrogen and oxygen atoms in total. The van der Waals surface area contributed by atoms with Crippen LogP contribution in [0.5, 0.6) is 5.75 Å². The Morgan fingerprint density at radius 1 is 1.27 bits per heavy atom. The predicted octanol–water partition coefficient (Wildman–Crippen LogP) is 2.10. The summed E-state index contributed by atoms with van der Waals surface area (Å²) in [6.07, 6.45) is 4.32. The quantitative estimate of drug-likeness (QED) is 0.785. The number of piperidine rings is 1. The van der Waals surface area contributed by atoms with Crippen molar-refractivity contribution in [2.24, 2.45) is 0 Å². The van der Waals surface area contributed by atoms with Crippen molar-refractivity contribution in [3.63, 3.8) is 0 Å². The van der Waals surface area contributed by atoms with E-state index in [0.29, 0.717) is 12.2 Å². The molecule has 26 heavy (non-hydrogen) atoms. The molecule has 3 heterocycles. The lowest BCUT2D eigenvalue weighted by molar-refractivity contribution is -0.0270. The molecule has 6 heteroatoms. The van der Waals surface area contributed by atoms with E-state index in [1.807, 2.05) is 30.3 Å². The highest BCUT2D eigenvalue weighted by molar-refractivity contribution is 5.92. The van der Waals surface area contributed by atoms with Gasteiger partial charge >= 0.3 is 0 Å². The van der Waals surface area contributed by atoms with Crippen molar-refractivity contribution in [3.05, 3.63) is 53.9 Å². The van der Waals surface area contributed by atoms with Crippen LogP contribution in [0.15, 0.2) is 42.6 Å². The molecule has 1 aromatic carbocycles. The molecule has 3 N–H and O–H groups in total. The number of para-hydroxylation sites is 1. The number of fused-ring (bicyclic) bond motifs is 1. The predicted molar refractivity (Wildman–Crippen MR) is 98.2 cm³/mol. The second kappa shape index (κ2) is 7.13. The number of hydrogen-bond acceptors (Lipinski definition) is 4. The number of likely N-dealkylation sites (tertiary alicyclic amines) is 1. The van der Waals surface area contributed by atoms with Gasteiger partial charge in [-0.1, -0.05) is 18.2 Å². The number of aliphatic hydroxyl groups is 1. The highest BCUT2D eigenvalue weighted by atomic mass is 16.5. The van der Waals surface area contributed by atoms with E-state index < -0.39 is 0 Å². The van der Waals surface area contributed by atoms with Crippen molar-refractivity contribution in [2.45, 2.75) is 30.9 Å². The van der Waals surface area contributed by atoms with E-state index in [2.05, 4.69) is 15.2 Å². The molecule has 1 amide bonds. The van der Waals surface area contributed by atoms with Crippen molar-refractivity contribution in [1.29, 1.82) is 0 Å². The van der Waals surface area contributed by atoms with Gasteiger partial charge in [0.1, 0.15) is 17.0 Å². The molecular formula is C20H25N3O3. The molecule has 2 aliphatic rings. The van der Waals surface area contributed by atoms with Crippen LogP contribution in [0, 0.1) is 0 Å². The summed E-state index contributed by atoms with van der Waals surface area (Å²) in [5.74, 6) is 0.774. The van der Waals surface area contributed by atoms with Crippen molar-refractivity contribution in [3.8, 4) is 5.75 Å². The molecule has 138 valence electrons. The molecule has 4 rings (SSSR count). The Morgan fingerprint density at radius 2 is 2.08 bits per heavy atom. The maximum absolute atomic E-state index is 12.6. The van der Waals surface area contributed by atoms with E-state index in [-0.39, 0.29) is 24.2 Å². The number of carbonyl (C=O) groups is 1. The summed E-state index contributed by atoms with van der Waals surface area (Å²) in [5, 5.41) is 12.3. The first-order valence-corrected chi connectivity index (χ1v) is 9.24. The molecule has 1 fully saturated rings. The third-order valence-electron chi connectivity index (χ3n) is 5.53. The molecule has 0 bridgehead atoms. The van der Waals surface area contributed by atoms with E-state index in [1.165, 1.54) is 0 Å². The first-order valence-electron chi connectivity index (χ1n) is 9.24. The number of β-amino-alcohol motifs (C(OH)–C–C–N with tert-alkyl or cyclic N) is 1. The van der Waals surface area contributed by atoms with Gasteiger partial charge in [0.25, 0.3) is 5.91 Å². The Labute approximate surface area is 153 Å². The number of nitrogens with one attached hydrogen (secondary N) is 2. The fourth-order valence-corrected chi connectivity index (χ4v) is 4.09. The Balaban J connectivity index is 1.55. The number of ether oxygens (including phenoxy) is 1. The van der Waals surface area contributed by atoms with Gasteiger partial charge in [-0.2, -0.15) is 0 Å². The van der Waals surface area contributed by atoms with E-state index in [9.17, 15) is 4.79 Å². The van der Waals surface area contributed by atoms with Gasteiger partial charge in [0.05, 0.1) is 12.6 Å². The normalized spacial score (nSPS) is 21.8. The molecular weight excluding hydrogens is 330 g/mol. The largest absolute Gasteiger partial charge is 0.487 e. The molecule has 1 atom stereocenters. The topological polar surface area (TPSA) is 77.6 Å². The molecule has 1 spiro atoms. The first kappa shape index (κ1) is 17.1. The minimum Gasteiger partial charge on any atom is -0.487 e. The van der Waals surface area contributed by atoms with Gasteiger partial charge < -0.3 is 25.0 Å². The van der Waals surface area contributed by atoms with Crippen LogP contribution < -0.4 is 10.1 Å². The van der Waals surface area contributed by atoms with Crippen LogP contribution in [0.2, 0.25) is 0 Å². The number of nitrogens with zero attached hydrogens (tertiary/aromatic N) is 1. The number of amides is 1. The summed E-state index contributed by atoms with van der Waals surface area (Å²) in [4.78, 5) is 17.8. The second-order valence-electron chi connectivity index (χ2n) is 7.20. The zero-order chi connectivity index (χ0) is 18.0. The molecule has 1 saturated heterocycles. The summed E-state index contributed by atoms with van der Waals surface area (Å²) in [7, 11) is 0. The van der Waals surface area contributed by atoms with Crippen LogP contribution >= 0.6 is 0 Å². The fourth-order valence-electron chi connectivity index (χ4n) is 4.09. The van der Waals surface area contributed by atoms with E-state index in [1.54, 1.807) is 12.3 Å². The van der Waals surface area contributed by atoms with E-state index in [0.717, 1.165) is 43.7 Å². The summed E-state index contributed by atoms with van der Waals surface area (Å²) >= 11 is 0. The van der Waals surface area contributed by atoms with E-state index >= 15 is 0 Å². The van der Waals surface area contributed by atoms with Crippen LogP contribution in [0.4, 0.5) is 0 Å². The van der Waals surface area contributed by atoms with Gasteiger partial charge in [0, 0.05) is 37.8 Å². The monoisotopic (exact) mass is 355 g/mol. The molecule has 2 aliphatic heterocycles. The smallest absolute Gasteiger partial charge is 0.268 e. The number of carbonyl (C=O) groups excluding carboxylic acids is 1. The third kappa shape index (κ3) is 3.34. The maximum atomic E-state index is 12.6. The fraction of sp³-hybridized carbons (Fsp3) is 0.450. The first-order chi connectivity index (χ1) is 12.7. The number of aromatic nitrogens is 1. The molecule has 1 aromatic heterocycles. The minimum absolute atomic E-state index is 0.0693. The van der Waals surface area contributed by atoms with Crippen LogP contribution in [0.3, 0.4) is 0 Å². The standard InChI is InChI=1S/C20H25N3O3/c24-13-12-23-10-7-20(8-11-23)14-17(15-4-1-2-6-18(15)26-20)22-19(25)16-5-3-9-21-16/h1-6,9,17,21,24H,7-8,10-14H2,(H,22,25)/t17-/m0/s1. The van der Waals surface area contributed by atoms with Crippen LogP contribution in [0.25, 0.3) is 0 Å². The Morgan fingerprint density at radius 3 is 2.81 bits per heavy atom. The van der Waals surface area contributed by atoms with Crippen molar-refractivity contribution in [1.82, 2.24) is 15.2 Å². The summed E-state index contributed by atoms with van der Waals surface area (Å²) in [6.45, 7) is 2.70. The second-order valence-corrected chi connectivity index (χ2v) is 7.20. The Kier molecular flexibility index (Phi) is 4.70. The molecule has 0 unspecified atom stereocenters. The van der Waals surface area contributed by atoms with Gasteiger partial charge in [-0.25, -0.2) is 0 Å². The average Bonchev–Trinajstić information content (AvgIpc) is 3.19. The summed E-state index contributed by atoms with van der Waals surface area (Å²) in [5.41, 5.74) is 1.35. The average molecular weight is 355 g/mol. The van der Waals surface area contributed by atoms with Crippen molar-refractivity contribution >= 4 is 5.91 Å². The Hall–Kier alpha value is -2.31. The van der Waals surface area contributed by atoms with Crippen molar-refractivity contribution < 1.29 is 14.6 Å². The number of aromatic amines is 1. The lowest BCUT2D eigenvalue weighted by Gasteiger charge is -2.47. The van der Waals surface area contributed by atoms with Crippen LogP contribution in [-0.4, -0.2) is 52.7 Å². The zero-order valence-corrected chi connectivity index (χ0v) is 14.8. The van der Waals surface area contributed by atoms with Gasteiger partial charge in [0.2, 0.25) is 0 Å². The number of benzene rings is 1.